The normalized spacial score (nSPS) is 19.3. The fourth-order valence-corrected chi connectivity index (χ4v) is 2.93. The van der Waals surface area contributed by atoms with Gasteiger partial charge in [-0.05, 0) is 25.0 Å². The number of hydrogen-bond donors (Lipinski definition) is 1. The molecule has 3 rings (SSSR count). The Bertz CT molecular complexity index is 493. The third-order valence-electron chi connectivity index (χ3n) is 4.39. The lowest BCUT2D eigenvalue weighted by Gasteiger charge is -2.30. The van der Waals surface area contributed by atoms with Crippen molar-refractivity contribution in [1.29, 1.82) is 0 Å². The number of carbonyl (C=O) groups excluding carboxylic acids is 1. The minimum Gasteiger partial charge on any atom is -0.395 e. The Balaban J connectivity index is 1.61. The summed E-state index contributed by atoms with van der Waals surface area (Å²) in [5.41, 5.74) is 0.748. The van der Waals surface area contributed by atoms with E-state index >= 15 is 0 Å². The van der Waals surface area contributed by atoms with Crippen molar-refractivity contribution < 1.29 is 14.6 Å². The molecule has 22 heavy (non-hydrogen) atoms. The molecule has 1 saturated carbocycles. The van der Waals surface area contributed by atoms with Crippen LogP contribution in [0.15, 0.2) is 18.3 Å². The van der Waals surface area contributed by atoms with Gasteiger partial charge >= 0.3 is 0 Å². The van der Waals surface area contributed by atoms with E-state index in [1.165, 1.54) is 0 Å². The lowest BCUT2D eigenvalue weighted by atomic mass is 10.3. The molecule has 6 nitrogen and oxygen atoms in total. The predicted molar refractivity (Wildman–Crippen MR) is 83.0 cm³/mol. The van der Waals surface area contributed by atoms with Crippen molar-refractivity contribution in [2.45, 2.75) is 18.9 Å². The van der Waals surface area contributed by atoms with E-state index in [1.807, 2.05) is 18.3 Å². The molecule has 0 unspecified atom stereocenters. The molecule has 2 fully saturated rings. The summed E-state index contributed by atoms with van der Waals surface area (Å²) in [6.07, 6.45) is 4.30. The summed E-state index contributed by atoms with van der Waals surface area (Å²) >= 11 is 0. The van der Waals surface area contributed by atoms with Crippen molar-refractivity contribution >= 4 is 5.91 Å². The fourth-order valence-electron chi connectivity index (χ4n) is 2.93. The number of ether oxygens (including phenoxy) is 1. The molecule has 1 saturated heterocycles. The van der Waals surface area contributed by atoms with Crippen molar-refractivity contribution in [3.8, 4) is 0 Å². The number of nitrogens with zero attached hydrogens (tertiary/aromatic N) is 3. The third kappa shape index (κ3) is 3.69. The Morgan fingerprint density at radius 2 is 2.09 bits per heavy atom. The number of morpholine rings is 1. The van der Waals surface area contributed by atoms with Gasteiger partial charge in [0.15, 0.2) is 0 Å². The molecular weight excluding hydrogens is 282 g/mol. The zero-order chi connectivity index (χ0) is 15.4. The van der Waals surface area contributed by atoms with E-state index in [4.69, 9.17) is 4.74 Å². The Morgan fingerprint density at radius 3 is 2.77 bits per heavy atom. The fraction of sp³-hybridized carbons (Fsp3) is 0.688. The van der Waals surface area contributed by atoms with E-state index in [0.29, 0.717) is 19.1 Å². The van der Waals surface area contributed by atoms with Gasteiger partial charge in [0, 0.05) is 45.0 Å². The van der Waals surface area contributed by atoms with Crippen molar-refractivity contribution in [2.75, 3.05) is 52.5 Å². The van der Waals surface area contributed by atoms with Crippen LogP contribution in [0.1, 0.15) is 29.4 Å². The lowest BCUT2D eigenvalue weighted by Crippen LogP contribution is -2.44. The zero-order valence-electron chi connectivity index (χ0n) is 13.0. The van der Waals surface area contributed by atoms with Gasteiger partial charge in [-0.3, -0.25) is 9.69 Å². The molecule has 0 radical (unpaired) electrons. The Hall–Kier alpha value is -1.37. The smallest absolute Gasteiger partial charge is 0.270 e. The molecule has 0 bridgehead atoms. The molecule has 1 aliphatic carbocycles. The molecule has 0 aromatic carbocycles. The molecule has 1 aliphatic heterocycles. The molecule has 0 atom stereocenters. The van der Waals surface area contributed by atoms with Crippen LogP contribution in [-0.4, -0.2) is 77.9 Å². The summed E-state index contributed by atoms with van der Waals surface area (Å²) in [4.78, 5) is 16.8. The SMILES string of the molecule is O=C(c1cccn1C1CC1)N(CCO)CCN1CCOCC1. The highest BCUT2D eigenvalue weighted by molar-refractivity contribution is 5.92. The minimum atomic E-state index is -0.00100. The van der Waals surface area contributed by atoms with Crippen molar-refractivity contribution in [1.82, 2.24) is 14.4 Å². The number of rotatable bonds is 7. The van der Waals surface area contributed by atoms with Crippen LogP contribution in [0, 0.1) is 0 Å². The maximum Gasteiger partial charge on any atom is 0.270 e. The van der Waals surface area contributed by atoms with Crippen LogP contribution in [0.5, 0.6) is 0 Å². The number of carbonyl (C=O) groups is 1. The largest absolute Gasteiger partial charge is 0.395 e. The second-order valence-corrected chi connectivity index (χ2v) is 6.00. The van der Waals surface area contributed by atoms with E-state index < -0.39 is 0 Å². The number of aliphatic hydroxyl groups excluding tert-OH is 1. The summed E-state index contributed by atoms with van der Waals surface area (Å²) in [6, 6.07) is 4.31. The number of amides is 1. The molecular formula is C16H25N3O3. The van der Waals surface area contributed by atoms with E-state index in [-0.39, 0.29) is 12.5 Å². The van der Waals surface area contributed by atoms with Gasteiger partial charge in [-0.15, -0.1) is 0 Å². The van der Waals surface area contributed by atoms with E-state index in [9.17, 15) is 9.90 Å². The summed E-state index contributed by atoms with van der Waals surface area (Å²) in [6.45, 7) is 5.22. The van der Waals surface area contributed by atoms with Crippen LogP contribution >= 0.6 is 0 Å². The minimum absolute atomic E-state index is 0.00100. The molecule has 2 heterocycles. The van der Waals surface area contributed by atoms with Gasteiger partial charge in [0.05, 0.1) is 19.8 Å². The van der Waals surface area contributed by atoms with Gasteiger partial charge in [0.25, 0.3) is 5.91 Å². The standard InChI is InChI=1S/C16H25N3O3/c20-11-8-18(7-6-17-9-12-22-13-10-17)16(21)15-2-1-5-19(15)14-3-4-14/h1-2,5,14,20H,3-4,6-13H2. The van der Waals surface area contributed by atoms with Crippen LogP contribution in [-0.2, 0) is 4.74 Å². The number of aliphatic hydroxyl groups is 1. The first-order chi connectivity index (χ1) is 10.8. The summed E-state index contributed by atoms with van der Waals surface area (Å²) < 4.78 is 7.43. The molecule has 1 amide bonds. The van der Waals surface area contributed by atoms with Crippen molar-refractivity contribution in [2.24, 2.45) is 0 Å². The molecule has 2 aliphatic rings. The lowest BCUT2D eigenvalue weighted by molar-refractivity contribution is 0.0314. The second kappa shape index (κ2) is 7.26. The molecule has 1 N–H and O–H groups in total. The second-order valence-electron chi connectivity index (χ2n) is 6.00. The summed E-state index contributed by atoms with van der Waals surface area (Å²) in [7, 11) is 0. The Morgan fingerprint density at radius 1 is 1.32 bits per heavy atom. The van der Waals surface area contributed by atoms with Crippen LogP contribution in [0.3, 0.4) is 0 Å². The van der Waals surface area contributed by atoms with Crippen molar-refractivity contribution in [3.05, 3.63) is 24.0 Å². The summed E-state index contributed by atoms with van der Waals surface area (Å²) in [5, 5.41) is 9.28. The van der Waals surface area contributed by atoms with E-state index in [1.54, 1.807) is 4.90 Å². The van der Waals surface area contributed by atoms with Crippen LogP contribution in [0.25, 0.3) is 0 Å². The highest BCUT2D eigenvalue weighted by Gasteiger charge is 2.28. The van der Waals surface area contributed by atoms with E-state index in [0.717, 1.165) is 51.4 Å². The van der Waals surface area contributed by atoms with Crippen LogP contribution < -0.4 is 0 Å². The molecule has 0 spiro atoms. The van der Waals surface area contributed by atoms with Gasteiger partial charge in [-0.25, -0.2) is 0 Å². The molecule has 1 aromatic rings. The summed E-state index contributed by atoms with van der Waals surface area (Å²) in [5.74, 6) is 0.0270. The van der Waals surface area contributed by atoms with Gasteiger partial charge in [0.2, 0.25) is 0 Å². The quantitative estimate of drug-likeness (QED) is 0.801. The highest BCUT2D eigenvalue weighted by atomic mass is 16.5. The first kappa shape index (κ1) is 15.5. The van der Waals surface area contributed by atoms with Gasteiger partial charge in [0.1, 0.15) is 5.69 Å². The average molecular weight is 307 g/mol. The molecule has 1 aromatic heterocycles. The highest BCUT2D eigenvalue weighted by Crippen LogP contribution is 2.36. The molecule has 6 heteroatoms. The van der Waals surface area contributed by atoms with Gasteiger partial charge < -0.3 is 19.3 Å². The molecule has 122 valence electrons. The van der Waals surface area contributed by atoms with E-state index in [2.05, 4.69) is 9.47 Å². The maximum atomic E-state index is 12.8. The van der Waals surface area contributed by atoms with Crippen molar-refractivity contribution in [3.63, 3.8) is 0 Å². The van der Waals surface area contributed by atoms with Gasteiger partial charge in [-0.1, -0.05) is 0 Å². The maximum absolute atomic E-state index is 12.8. The predicted octanol–water partition coefficient (Wildman–Crippen LogP) is 0.590. The zero-order valence-corrected chi connectivity index (χ0v) is 13.0. The first-order valence-electron chi connectivity index (χ1n) is 8.16. The Labute approximate surface area is 131 Å². The average Bonchev–Trinajstić information content (AvgIpc) is 3.28. The van der Waals surface area contributed by atoms with Crippen LogP contribution in [0.2, 0.25) is 0 Å². The first-order valence-corrected chi connectivity index (χ1v) is 8.16. The third-order valence-corrected chi connectivity index (χ3v) is 4.39. The van der Waals surface area contributed by atoms with Crippen LogP contribution in [0.4, 0.5) is 0 Å². The number of aromatic nitrogens is 1. The Kier molecular flexibility index (Phi) is 5.12. The number of hydrogen-bond acceptors (Lipinski definition) is 4. The topological polar surface area (TPSA) is 57.9 Å². The monoisotopic (exact) mass is 307 g/mol. The van der Waals surface area contributed by atoms with Gasteiger partial charge in [-0.2, -0.15) is 0 Å².